The molecule has 116 valence electrons. The molecule has 0 unspecified atom stereocenters. The number of hydrogen-bond acceptors (Lipinski definition) is 5. The highest BCUT2D eigenvalue weighted by Gasteiger charge is 2.29. The summed E-state index contributed by atoms with van der Waals surface area (Å²) in [6.45, 7) is 2.62. The summed E-state index contributed by atoms with van der Waals surface area (Å²) in [5, 5.41) is 9.55. The minimum absolute atomic E-state index is 0.197. The lowest BCUT2D eigenvalue weighted by Gasteiger charge is -2.13. The molecule has 0 bridgehead atoms. The Labute approximate surface area is 128 Å². The quantitative estimate of drug-likeness (QED) is 0.936. The average molecular weight is 302 g/mol. The van der Waals surface area contributed by atoms with Crippen molar-refractivity contribution in [3.8, 4) is 17.2 Å². The van der Waals surface area contributed by atoms with Gasteiger partial charge in [-0.2, -0.15) is 0 Å². The Bertz CT molecular complexity index is 678. The number of carbonyl (C=O) groups excluding carboxylic acids is 1. The van der Waals surface area contributed by atoms with Crippen molar-refractivity contribution in [2.24, 2.45) is 0 Å². The standard InChI is InChI=1S/C16H18N2O4/c1-10-14(16(20)18-8-7-12(19)9-18)17-15(22-10)11-3-5-13(21-2)6-4-11/h3-6,12,19H,7-9H2,1-2H3/t12-/m1/s1. The van der Waals surface area contributed by atoms with Gasteiger partial charge in [0.25, 0.3) is 5.91 Å². The number of oxazole rings is 1. The molecule has 1 atom stereocenters. The maximum atomic E-state index is 12.4. The van der Waals surface area contributed by atoms with E-state index in [4.69, 9.17) is 9.15 Å². The van der Waals surface area contributed by atoms with Crippen LogP contribution >= 0.6 is 0 Å². The van der Waals surface area contributed by atoms with Gasteiger partial charge >= 0.3 is 0 Å². The number of methoxy groups -OCH3 is 1. The Morgan fingerprint density at radius 2 is 2.14 bits per heavy atom. The van der Waals surface area contributed by atoms with Gasteiger partial charge in [0.05, 0.1) is 13.2 Å². The molecule has 1 N–H and O–H groups in total. The number of carbonyl (C=O) groups is 1. The lowest BCUT2D eigenvalue weighted by Crippen LogP contribution is -2.30. The molecule has 2 heterocycles. The Balaban J connectivity index is 1.85. The fraction of sp³-hybridized carbons (Fsp3) is 0.375. The maximum absolute atomic E-state index is 12.4. The van der Waals surface area contributed by atoms with E-state index in [9.17, 15) is 9.90 Å². The van der Waals surface area contributed by atoms with Gasteiger partial charge in [-0.3, -0.25) is 4.79 Å². The molecule has 6 heteroatoms. The van der Waals surface area contributed by atoms with E-state index < -0.39 is 6.10 Å². The zero-order valence-electron chi connectivity index (χ0n) is 12.6. The summed E-state index contributed by atoms with van der Waals surface area (Å²) < 4.78 is 10.7. The molecule has 0 aliphatic carbocycles. The number of nitrogens with zero attached hydrogens (tertiary/aromatic N) is 2. The van der Waals surface area contributed by atoms with Crippen LogP contribution in [0.15, 0.2) is 28.7 Å². The molecule has 1 aromatic heterocycles. The van der Waals surface area contributed by atoms with Gasteiger partial charge in [0.15, 0.2) is 5.69 Å². The van der Waals surface area contributed by atoms with E-state index >= 15 is 0 Å². The predicted molar refractivity (Wildman–Crippen MR) is 79.8 cm³/mol. The SMILES string of the molecule is COc1ccc(-c2nc(C(=O)N3CC[C@@H](O)C3)c(C)o2)cc1. The van der Waals surface area contributed by atoms with Crippen molar-refractivity contribution in [2.75, 3.05) is 20.2 Å². The summed E-state index contributed by atoms with van der Waals surface area (Å²) in [5.41, 5.74) is 1.09. The Morgan fingerprint density at radius 1 is 1.41 bits per heavy atom. The van der Waals surface area contributed by atoms with E-state index in [0.717, 1.165) is 11.3 Å². The van der Waals surface area contributed by atoms with Gasteiger partial charge in [0.1, 0.15) is 11.5 Å². The minimum atomic E-state index is -0.447. The Kier molecular flexibility index (Phi) is 3.85. The second-order valence-electron chi connectivity index (χ2n) is 5.35. The third kappa shape index (κ3) is 2.69. The average Bonchev–Trinajstić information content (AvgIpc) is 3.13. The van der Waals surface area contributed by atoms with Crippen molar-refractivity contribution in [3.63, 3.8) is 0 Å². The van der Waals surface area contributed by atoms with E-state index in [0.29, 0.717) is 36.9 Å². The summed E-state index contributed by atoms with van der Waals surface area (Å²) in [7, 11) is 1.60. The number of rotatable bonds is 3. The van der Waals surface area contributed by atoms with Crippen LogP contribution in [0.1, 0.15) is 22.7 Å². The molecule has 0 spiro atoms. The molecule has 22 heavy (non-hydrogen) atoms. The molecule has 2 aromatic rings. The number of β-amino-alcohol motifs (C(OH)–C–C–N with tert-alkyl or cyclic N) is 1. The number of amides is 1. The van der Waals surface area contributed by atoms with Crippen LogP contribution in [0.25, 0.3) is 11.5 Å². The van der Waals surface area contributed by atoms with Gasteiger partial charge in [-0.15, -0.1) is 0 Å². The second kappa shape index (κ2) is 5.81. The van der Waals surface area contributed by atoms with Crippen molar-refractivity contribution in [2.45, 2.75) is 19.4 Å². The number of benzene rings is 1. The highest BCUT2D eigenvalue weighted by Crippen LogP contribution is 2.25. The van der Waals surface area contributed by atoms with Crippen LogP contribution in [0.3, 0.4) is 0 Å². The molecule has 1 fully saturated rings. The fourth-order valence-corrected chi connectivity index (χ4v) is 2.53. The smallest absolute Gasteiger partial charge is 0.276 e. The lowest BCUT2D eigenvalue weighted by molar-refractivity contribution is 0.0758. The number of hydrogen-bond donors (Lipinski definition) is 1. The molecule has 1 aliphatic rings. The van der Waals surface area contributed by atoms with Crippen LogP contribution in [-0.4, -0.2) is 47.2 Å². The normalized spacial score (nSPS) is 17.8. The molecular weight excluding hydrogens is 284 g/mol. The Hall–Kier alpha value is -2.34. The fourth-order valence-electron chi connectivity index (χ4n) is 2.53. The Morgan fingerprint density at radius 3 is 2.73 bits per heavy atom. The highest BCUT2D eigenvalue weighted by molar-refractivity contribution is 5.94. The van der Waals surface area contributed by atoms with Crippen LogP contribution in [0.4, 0.5) is 0 Å². The lowest BCUT2D eigenvalue weighted by atomic mass is 10.2. The second-order valence-corrected chi connectivity index (χ2v) is 5.35. The van der Waals surface area contributed by atoms with Crippen LogP contribution in [0, 0.1) is 6.92 Å². The molecule has 0 radical (unpaired) electrons. The van der Waals surface area contributed by atoms with Crippen molar-refractivity contribution in [1.29, 1.82) is 0 Å². The predicted octanol–water partition coefficient (Wildman–Crippen LogP) is 1.87. The van der Waals surface area contributed by atoms with E-state index in [1.807, 2.05) is 24.3 Å². The third-order valence-corrected chi connectivity index (χ3v) is 3.79. The topological polar surface area (TPSA) is 75.8 Å². The van der Waals surface area contributed by atoms with Gasteiger partial charge in [-0.1, -0.05) is 0 Å². The zero-order valence-corrected chi connectivity index (χ0v) is 12.6. The van der Waals surface area contributed by atoms with Gasteiger partial charge in [-0.05, 0) is 37.6 Å². The summed E-state index contributed by atoms with van der Waals surface area (Å²) in [5.74, 6) is 1.44. The maximum Gasteiger partial charge on any atom is 0.276 e. The minimum Gasteiger partial charge on any atom is -0.497 e. The largest absolute Gasteiger partial charge is 0.497 e. The monoisotopic (exact) mass is 302 g/mol. The molecule has 1 amide bonds. The number of likely N-dealkylation sites (tertiary alicyclic amines) is 1. The molecule has 3 rings (SSSR count). The van der Waals surface area contributed by atoms with Crippen LogP contribution in [-0.2, 0) is 0 Å². The van der Waals surface area contributed by atoms with Crippen molar-refractivity contribution < 1.29 is 19.1 Å². The van der Waals surface area contributed by atoms with E-state index in [1.54, 1.807) is 18.9 Å². The molecular formula is C16H18N2O4. The van der Waals surface area contributed by atoms with Crippen molar-refractivity contribution in [1.82, 2.24) is 9.88 Å². The molecule has 1 aliphatic heterocycles. The molecule has 0 saturated carbocycles. The van der Waals surface area contributed by atoms with Gasteiger partial charge in [-0.25, -0.2) is 4.98 Å². The van der Waals surface area contributed by atoms with E-state index in [2.05, 4.69) is 4.98 Å². The van der Waals surface area contributed by atoms with Crippen LogP contribution < -0.4 is 4.74 Å². The number of aryl methyl sites for hydroxylation is 1. The van der Waals surface area contributed by atoms with E-state index in [-0.39, 0.29) is 5.91 Å². The number of ether oxygens (including phenoxy) is 1. The first-order chi connectivity index (χ1) is 10.6. The summed E-state index contributed by atoms with van der Waals surface area (Å²) in [6, 6.07) is 7.29. The molecule has 6 nitrogen and oxygen atoms in total. The van der Waals surface area contributed by atoms with E-state index in [1.165, 1.54) is 0 Å². The van der Waals surface area contributed by atoms with Gasteiger partial charge in [0, 0.05) is 18.7 Å². The first-order valence-corrected chi connectivity index (χ1v) is 7.17. The number of aromatic nitrogens is 1. The number of aliphatic hydroxyl groups excluding tert-OH is 1. The van der Waals surface area contributed by atoms with Crippen molar-refractivity contribution in [3.05, 3.63) is 35.7 Å². The molecule has 1 aromatic carbocycles. The van der Waals surface area contributed by atoms with Crippen LogP contribution in [0.2, 0.25) is 0 Å². The third-order valence-electron chi connectivity index (χ3n) is 3.79. The summed E-state index contributed by atoms with van der Waals surface area (Å²) in [4.78, 5) is 18.4. The van der Waals surface area contributed by atoms with Crippen molar-refractivity contribution >= 4 is 5.91 Å². The zero-order chi connectivity index (χ0) is 15.7. The van der Waals surface area contributed by atoms with Crippen LogP contribution in [0.5, 0.6) is 5.75 Å². The summed E-state index contributed by atoms with van der Waals surface area (Å²) >= 11 is 0. The van der Waals surface area contributed by atoms with Gasteiger partial charge in [0.2, 0.25) is 5.89 Å². The highest BCUT2D eigenvalue weighted by atomic mass is 16.5. The summed E-state index contributed by atoms with van der Waals surface area (Å²) in [6.07, 6.45) is 0.158. The van der Waals surface area contributed by atoms with Gasteiger partial charge < -0.3 is 19.2 Å². The number of aliphatic hydroxyl groups is 1. The first-order valence-electron chi connectivity index (χ1n) is 7.17. The molecule has 1 saturated heterocycles. The first kappa shape index (κ1) is 14.6.